The van der Waals surface area contributed by atoms with E-state index < -0.39 is 0 Å². The number of carbonyl (C=O) groups is 1. The SMILES string of the molecule is O=C(CSC1CCCC1)Cc1ccc(O)cc1. The van der Waals surface area contributed by atoms with Crippen molar-refractivity contribution < 1.29 is 9.90 Å². The number of benzene rings is 1. The van der Waals surface area contributed by atoms with Gasteiger partial charge in [-0.05, 0) is 30.5 Å². The lowest BCUT2D eigenvalue weighted by Crippen LogP contribution is -2.08. The van der Waals surface area contributed by atoms with Crippen molar-refractivity contribution in [3.05, 3.63) is 29.8 Å². The van der Waals surface area contributed by atoms with E-state index in [1.807, 2.05) is 23.9 Å². The normalized spacial score (nSPS) is 16.2. The molecular formula is C14H18O2S. The maximum atomic E-state index is 11.8. The Morgan fingerprint density at radius 3 is 2.53 bits per heavy atom. The lowest BCUT2D eigenvalue weighted by atomic mass is 10.1. The van der Waals surface area contributed by atoms with Gasteiger partial charge in [-0.3, -0.25) is 4.79 Å². The number of thioether (sulfide) groups is 1. The summed E-state index contributed by atoms with van der Waals surface area (Å²) in [5.41, 5.74) is 0.986. The Morgan fingerprint density at radius 2 is 1.88 bits per heavy atom. The first-order valence-electron chi connectivity index (χ1n) is 6.15. The molecule has 0 aliphatic heterocycles. The third-order valence-electron chi connectivity index (χ3n) is 3.12. The molecule has 0 aromatic heterocycles. The fourth-order valence-corrected chi connectivity index (χ4v) is 3.35. The van der Waals surface area contributed by atoms with Crippen LogP contribution < -0.4 is 0 Å². The molecule has 2 rings (SSSR count). The number of phenolic OH excluding ortho intramolecular Hbond substituents is 1. The first-order chi connectivity index (χ1) is 8.24. The predicted octanol–water partition coefficient (Wildman–Crippen LogP) is 3.18. The molecular weight excluding hydrogens is 232 g/mol. The molecule has 0 atom stereocenters. The third kappa shape index (κ3) is 4.08. The first kappa shape index (κ1) is 12.5. The van der Waals surface area contributed by atoms with Crippen molar-refractivity contribution in [2.75, 3.05) is 5.75 Å². The highest BCUT2D eigenvalue weighted by atomic mass is 32.2. The van der Waals surface area contributed by atoms with Crippen molar-refractivity contribution >= 4 is 17.5 Å². The molecule has 0 heterocycles. The molecule has 1 saturated carbocycles. The molecule has 1 aliphatic carbocycles. The molecule has 0 bridgehead atoms. The average molecular weight is 250 g/mol. The minimum atomic E-state index is 0.251. The highest BCUT2D eigenvalue weighted by Gasteiger charge is 2.16. The van der Waals surface area contributed by atoms with Crippen LogP contribution in [0.2, 0.25) is 0 Å². The highest BCUT2D eigenvalue weighted by molar-refractivity contribution is 8.00. The third-order valence-corrected chi connectivity index (χ3v) is 4.55. The van der Waals surface area contributed by atoms with E-state index in [9.17, 15) is 4.79 Å². The minimum Gasteiger partial charge on any atom is -0.508 e. The van der Waals surface area contributed by atoms with Gasteiger partial charge in [0.2, 0.25) is 0 Å². The summed E-state index contributed by atoms with van der Waals surface area (Å²) in [5, 5.41) is 9.86. The van der Waals surface area contributed by atoms with Gasteiger partial charge in [0.25, 0.3) is 0 Å². The van der Waals surface area contributed by atoms with Crippen LogP contribution in [0, 0.1) is 0 Å². The maximum absolute atomic E-state index is 11.8. The van der Waals surface area contributed by atoms with E-state index in [2.05, 4.69) is 0 Å². The van der Waals surface area contributed by atoms with Crippen molar-refractivity contribution in [1.82, 2.24) is 0 Å². The number of ketones is 1. The Labute approximate surface area is 106 Å². The zero-order valence-corrected chi connectivity index (χ0v) is 10.7. The maximum Gasteiger partial charge on any atom is 0.147 e. The van der Waals surface area contributed by atoms with Gasteiger partial charge < -0.3 is 5.11 Å². The van der Waals surface area contributed by atoms with Crippen molar-refractivity contribution in [2.45, 2.75) is 37.4 Å². The molecule has 1 aromatic rings. The fourth-order valence-electron chi connectivity index (χ4n) is 2.16. The number of hydrogen-bond donors (Lipinski definition) is 1. The number of Topliss-reactive ketones (excluding diaryl/α,β-unsaturated/α-hetero) is 1. The molecule has 1 aromatic carbocycles. The standard InChI is InChI=1S/C14H18O2S/c15-12-7-5-11(6-8-12)9-13(16)10-17-14-3-1-2-4-14/h5-8,14-15H,1-4,9-10H2. The van der Waals surface area contributed by atoms with Crippen molar-refractivity contribution in [2.24, 2.45) is 0 Å². The second-order valence-corrected chi connectivity index (χ2v) is 5.89. The zero-order valence-electron chi connectivity index (χ0n) is 9.89. The summed E-state index contributed by atoms with van der Waals surface area (Å²) >= 11 is 1.82. The summed E-state index contributed by atoms with van der Waals surface area (Å²) in [6.07, 6.45) is 5.68. The van der Waals surface area contributed by atoms with E-state index in [1.54, 1.807) is 12.1 Å². The molecule has 92 valence electrons. The van der Waals surface area contributed by atoms with Crippen LogP contribution in [-0.2, 0) is 11.2 Å². The van der Waals surface area contributed by atoms with Crippen LogP contribution in [0.1, 0.15) is 31.2 Å². The van der Waals surface area contributed by atoms with Gasteiger partial charge in [-0.25, -0.2) is 0 Å². The number of hydrogen-bond acceptors (Lipinski definition) is 3. The minimum absolute atomic E-state index is 0.251. The zero-order chi connectivity index (χ0) is 12.1. The molecule has 0 amide bonds. The van der Waals surface area contributed by atoms with Gasteiger partial charge in [0.15, 0.2) is 0 Å². The monoisotopic (exact) mass is 250 g/mol. The summed E-state index contributed by atoms with van der Waals surface area (Å²) in [6.45, 7) is 0. The molecule has 0 spiro atoms. The van der Waals surface area contributed by atoms with E-state index in [1.165, 1.54) is 25.7 Å². The van der Waals surface area contributed by atoms with E-state index in [-0.39, 0.29) is 11.5 Å². The van der Waals surface area contributed by atoms with Crippen LogP contribution in [-0.4, -0.2) is 21.9 Å². The van der Waals surface area contributed by atoms with Crippen LogP contribution in [0.4, 0.5) is 0 Å². The van der Waals surface area contributed by atoms with E-state index >= 15 is 0 Å². The Morgan fingerprint density at radius 1 is 1.24 bits per heavy atom. The largest absolute Gasteiger partial charge is 0.508 e. The van der Waals surface area contributed by atoms with Crippen molar-refractivity contribution in [3.63, 3.8) is 0 Å². The van der Waals surface area contributed by atoms with Gasteiger partial charge in [0.05, 0.1) is 5.75 Å². The van der Waals surface area contributed by atoms with Gasteiger partial charge in [0, 0.05) is 11.7 Å². The second kappa shape index (κ2) is 6.10. The Kier molecular flexibility index (Phi) is 4.49. The summed E-state index contributed by atoms with van der Waals surface area (Å²) < 4.78 is 0. The predicted molar refractivity (Wildman–Crippen MR) is 71.5 cm³/mol. The molecule has 0 unspecified atom stereocenters. The van der Waals surface area contributed by atoms with Gasteiger partial charge in [0.1, 0.15) is 11.5 Å². The van der Waals surface area contributed by atoms with Crippen LogP contribution in [0.15, 0.2) is 24.3 Å². The molecule has 0 saturated heterocycles. The smallest absolute Gasteiger partial charge is 0.147 e. The second-order valence-electron chi connectivity index (χ2n) is 4.60. The summed E-state index contributed by atoms with van der Waals surface area (Å²) in [6, 6.07) is 6.89. The van der Waals surface area contributed by atoms with Crippen molar-refractivity contribution in [3.8, 4) is 5.75 Å². The fraction of sp³-hybridized carbons (Fsp3) is 0.500. The van der Waals surface area contributed by atoms with E-state index in [0.29, 0.717) is 17.4 Å². The van der Waals surface area contributed by atoms with Gasteiger partial charge in [-0.2, -0.15) is 11.8 Å². The number of aromatic hydroxyl groups is 1. The topological polar surface area (TPSA) is 37.3 Å². The van der Waals surface area contributed by atoms with Crippen LogP contribution in [0.25, 0.3) is 0 Å². The molecule has 1 N–H and O–H groups in total. The van der Waals surface area contributed by atoms with Crippen molar-refractivity contribution in [1.29, 1.82) is 0 Å². The highest BCUT2D eigenvalue weighted by Crippen LogP contribution is 2.29. The molecule has 1 aliphatic rings. The molecule has 0 radical (unpaired) electrons. The Bertz CT molecular complexity index is 366. The summed E-state index contributed by atoms with van der Waals surface area (Å²) in [7, 11) is 0. The number of carbonyl (C=O) groups excluding carboxylic acids is 1. The van der Waals surface area contributed by atoms with E-state index in [4.69, 9.17) is 5.11 Å². The average Bonchev–Trinajstić information content (AvgIpc) is 2.83. The van der Waals surface area contributed by atoms with Crippen LogP contribution >= 0.6 is 11.8 Å². The quantitative estimate of drug-likeness (QED) is 0.872. The van der Waals surface area contributed by atoms with Crippen LogP contribution in [0.3, 0.4) is 0 Å². The Balaban J connectivity index is 1.74. The molecule has 1 fully saturated rings. The van der Waals surface area contributed by atoms with Gasteiger partial charge in [-0.15, -0.1) is 0 Å². The number of rotatable bonds is 5. The Hall–Kier alpha value is -0.960. The molecule has 2 nitrogen and oxygen atoms in total. The summed E-state index contributed by atoms with van der Waals surface area (Å²) in [5.74, 6) is 1.17. The lowest BCUT2D eigenvalue weighted by Gasteiger charge is -2.07. The number of phenols is 1. The van der Waals surface area contributed by atoms with Gasteiger partial charge in [-0.1, -0.05) is 25.0 Å². The van der Waals surface area contributed by atoms with Crippen LogP contribution in [0.5, 0.6) is 5.75 Å². The van der Waals surface area contributed by atoms with Gasteiger partial charge >= 0.3 is 0 Å². The molecule has 17 heavy (non-hydrogen) atoms. The molecule has 3 heteroatoms. The summed E-state index contributed by atoms with van der Waals surface area (Å²) in [4.78, 5) is 11.8. The lowest BCUT2D eigenvalue weighted by molar-refractivity contribution is -0.116. The van der Waals surface area contributed by atoms with E-state index in [0.717, 1.165) is 5.56 Å². The first-order valence-corrected chi connectivity index (χ1v) is 7.20.